The topological polar surface area (TPSA) is 26.3 Å². The van der Waals surface area contributed by atoms with E-state index >= 15 is 0 Å². The molecule has 1 heterocycles. The molecule has 1 aliphatic heterocycles. The van der Waals surface area contributed by atoms with E-state index in [2.05, 4.69) is 6.08 Å². The normalized spacial score (nSPS) is 30.1. The summed E-state index contributed by atoms with van der Waals surface area (Å²) in [5, 5.41) is 0. The molecule has 3 heteroatoms. The Balaban J connectivity index is 1.46. The van der Waals surface area contributed by atoms with Crippen molar-refractivity contribution >= 4 is 17.5 Å². The van der Waals surface area contributed by atoms with Crippen LogP contribution in [-0.4, -0.2) is 16.8 Å². The molecule has 1 atom stereocenters. The summed E-state index contributed by atoms with van der Waals surface area (Å²) in [5.41, 5.74) is 0. The Morgan fingerprint density at radius 3 is 2.40 bits per heavy atom. The van der Waals surface area contributed by atoms with E-state index in [-0.39, 0.29) is 5.78 Å². The number of hydrogen-bond acceptors (Lipinski definition) is 3. The van der Waals surface area contributed by atoms with E-state index in [1.807, 2.05) is 6.92 Å². The molecule has 0 saturated heterocycles. The summed E-state index contributed by atoms with van der Waals surface area (Å²) in [6.45, 7) is 2.02. The van der Waals surface area contributed by atoms with Gasteiger partial charge >= 0.3 is 0 Å². The lowest BCUT2D eigenvalue weighted by Gasteiger charge is -2.36. The second kappa shape index (κ2) is 9.60. The van der Waals surface area contributed by atoms with Gasteiger partial charge in [0.2, 0.25) is 0 Å². The summed E-state index contributed by atoms with van der Waals surface area (Å²) >= 11 is 1.72. The Hall–Kier alpha value is -0.280. The van der Waals surface area contributed by atoms with Gasteiger partial charge in [0.05, 0.1) is 6.10 Å². The van der Waals surface area contributed by atoms with Crippen molar-refractivity contribution in [2.24, 2.45) is 5.92 Å². The molecule has 2 aliphatic carbocycles. The van der Waals surface area contributed by atoms with Crippen molar-refractivity contribution < 1.29 is 9.53 Å². The van der Waals surface area contributed by atoms with Crippen LogP contribution in [0.5, 0.6) is 0 Å². The highest BCUT2D eigenvalue weighted by Gasteiger charge is 2.40. The van der Waals surface area contributed by atoms with Gasteiger partial charge in [-0.1, -0.05) is 82.0 Å². The minimum absolute atomic E-state index is 0.260. The van der Waals surface area contributed by atoms with E-state index in [0.717, 1.165) is 25.2 Å². The van der Waals surface area contributed by atoms with Gasteiger partial charge in [-0.05, 0) is 43.4 Å². The number of carbonyl (C=O) groups excluding carboxylic acids is 1. The van der Waals surface area contributed by atoms with Crippen LogP contribution in [0.25, 0.3) is 0 Å². The lowest BCUT2D eigenvalue weighted by Crippen LogP contribution is -2.40. The third-order valence-corrected chi connectivity index (χ3v) is 7.65. The lowest BCUT2D eigenvalue weighted by atomic mass is 9.94. The number of ether oxygens (including phenoxy) is 1. The Kier molecular flexibility index (Phi) is 7.48. The van der Waals surface area contributed by atoms with Gasteiger partial charge in [0, 0.05) is 6.42 Å². The predicted molar refractivity (Wildman–Crippen MR) is 107 cm³/mol. The largest absolute Gasteiger partial charge is 0.354 e. The highest BCUT2D eigenvalue weighted by Crippen LogP contribution is 2.43. The summed E-state index contributed by atoms with van der Waals surface area (Å²) in [5.74, 6) is 1.21. The first-order valence-corrected chi connectivity index (χ1v) is 11.6. The lowest BCUT2D eigenvalue weighted by molar-refractivity contribution is -0.137. The standard InChI is InChI=1S/C22H36O2S/c1-22(24-19-13-7-4-8-14-19)21(23)17-16-20(25-22)15-9-12-18-10-5-2-3-6-11-18/h16,18-19H,2-15,17H2,1H3. The number of carbonyl (C=O) groups is 1. The van der Waals surface area contributed by atoms with E-state index in [0.29, 0.717) is 12.5 Å². The van der Waals surface area contributed by atoms with Crippen LogP contribution in [0.3, 0.4) is 0 Å². The summed E-state index contributed by atoms with van der Waals surface area (Å²) < 4.78 is 6.35. The van der Waals surface area contributed by atoms with E-state index in [1.54, 1.807) is 11.8 Å². The van der Waals surface area contributed by atoms with Crippen LogP contribution in [0.15, 0.2) is 11.0 Å². The third kappa shape index (κ3) is 5.85. The summed E-state index contributed by atoms with van der Waals surface area (Å²) in [4.78, 5) is 13.3. The first-order valence-electron chi connectivity index (χ1n) is 10.7. The van der Waals surface area contributed by atoms with Gasteiger partial charge in [0.1, 0.15) is 0 Å². The highest BCUT2D eigenvalue weighted by molar-refractivity contribution is 8.05. The fourth-order valence-corrected chi connectivity index (χ4v) is 6.00. The number of allylic oxidation sites excluding steroid dienone is 2. The van der Waals surface area contributed by atoms with Crippen LogP contribution >= 0.6 is 11.8 Å². The van der Waals surface area contributed by atoms with Gasteiger partial charge in [-0.3, -0.25) is 4.79 Å². The van der Waals surface area contributed by atoms with Gasteiger partial charge in [-0.15, -0.1) is 0 Å². The molecule has 2 saturated carbocycles. The maximum Gasteiger partial charge on any atom is 0.178 e. The molecule has 0 spiro atoms. The van der Waals surface area contributed by atoms with Crippen LogP contribution in [0.4, 0.5) is 0 Å². The zero-order valence-electron chi connectivity index (χ0n) is 16.1. The summed E-state index contributed by atoms with van der Waals surface area (Å²) in [6.07, 6.45) is 21.5. The van der Waals surface area contributed by atoms with E-state index in [9.17, 15) is 4.79 Å². The Morgan fingerprint density at radius 1 is 1.04 bits per heavy atom. The van der Waals surface area contributed by atoms with E-state index in [1.165, 1.54) is 75.5 Å². The molecule has 0 amide bonds. The van der Waals surface area contributed by atoms with Gasteiger partial charge < -0.3 is 4.74 Å². The van der Waals surface area contributed by atoms with E-state index < -0.39 is 4.93 Å². The third-order valence-electron chi connectivity index (χ3n) is 6.30. The van der Waals surface area contributed by atoms with Crippen molar-refractivity contribution in [1.82, 2.24) is 0 Å². The molecule has 0 aromatic carbocycles. The molecule has 0 bridgehead atoms. The second-order valence-corrected chi connectivity index (χ2v) is 9.98. The number of hydrogen-bond donors (Lipinski definition) is 0. The minimum Gasteiger partial charge on any atom is -0.354 e. The van der Waals surface area contributed by atoms with Crippen molar-refractivity contribution in [3.63, 3.8) is 0 Å². The summed E-state index contributed by atoms with van der Waals surface area (Å²) in [6, 6.07) is 0. The zero-order valence-corrected chi connectivity index (χ0v) is 16.9. The number of thioether (sulfide) groups is 1. The molecule has 2 fully saturated rings. The van der Waals surface area contributed by atoms with Crippen LogP contribution in [0.1, 0.15) is 103 Å². The Bertz CT molecular complexity index is 459. The van der Waals surface area contributed by atoms with Crippen LogP contribution in [0, 0.1) is 5.92 Å². The molecule has 3 rings (SSSR count). The molecule has 1 unspecified atom stereocenters. The van der Waals surface area contributed by atoms with Gasteiger partial charge in [-0.2, -0.15) is 0 Å². The Morgan fingerprint density at radius 2 is 1.68 bits per heavy atom. The van der Waals surface area contributed by atoms with Gasteiger partial charge in [-0.25, -0.2) is 0 Å². The fourth-order valence-electron chi connectivity index (χ4n) is 4.70. The first-order chi connectivity index (χ1) is 12.2. The number of Topliss-reactive ketones (excluding diaryl/α,β-unsaturated/α-hetero) is 1. The molecule has 142 valence electrons. The number of ketones is 1. The van der Waals surface area contributed by atoms with Crippen LogP contribution in [0.2, 0.25) is 0 Å². The smallest absolute Gasteiger partial charge is 0.178 e. The molecular weight excluding hydrogens is 328 g/mol. The molecule has 0 aromatic rings. The van der Waals surface area contributed by atoms with Gasteiger partial charge in [0.25, 0.3) is 0 Å². The van der Waals surface area contributed by atoms with Crippen molar-refractivity contribution in [3.05, 3.63) is 11.0 Å². The molecule has 0 aromatic heterocycles. The average Bonchev–Trinajstić information content (AvgIpc) is 2.88. The maximum atomic E-state index is 12.5. The average molecular weight is 365 g/mol. The minimum atomic E-state index is -0.631. The van der Waals surface area contributed by atoms with Crippen molar-refractivity contribution in [1.29, 1.82) is 0 Å². The maximum absolute atomic E-state index is 12.5. The molecule has 0 N–H and O–H groups in total. The summed E-state index contributed by atoms with van der Waals surface area (Å²) in [7, 11) is 0. The van der Waals surface area contributed by atoms with Crippen molar-refractivity contribution in [2.45, 2.75) is 114 Å². The van der Waals surface area contributed by atoms with Crippen LogP contribution in [-0.2, 0) is 9.53 Å². The molecule has 25 heavy (non-hydrogen) atoms. The molecular formula is C22H36O2S. The monoisotopic (exact) mass is 364 g/mol. The predicted octanol–water partition coefficient (Wildman–Crippen LogP) is 6.78. The quantitative estimate of drug-likeness (QED) is 0.486. The molecule has 3 aliphatic rings. The van der Waals surface area contributed by atoms with Crippen molar-refractivity contribution in [3.8, 4) is 0 Å². The molecule has 0 radical (unpaired) electrons. The zero-order chi connectivity index (χ0) is 17.5. The van der Waals surface area contributed by atoms with Crippen LogP contribution < -0.4 is 0 Å². The SMILES string of the molecule is CC1(OC2CCCCC2)SC(CCCC2CCCCCC2)=CCC1=O. The van der Waals surface area contributed by atoms with Crippen molar-refractivity contribution in [2.75, 3.05) is 0 Å². The Labute approximate surface area is 158 Å². The highest BCUT2D eigenvalue weighted by atomic mass is 32.2. The molecule has 2 nitrogen and oxygen atoms in total. The first kappa shape index (κ1) is 19.5. The number of rotatable bonds is 6. The second-order valence-electron chi connectivity index (χ2n) is 8.47. The fraction of sp³-hybridized carbons (Fsp3) is 0.864. The van der Waals surface area contributed by atoms with E-state index in [4.69, 9.17) is 4.74 Å². The van der Waals surface area contributed by atoms with Gasteiger partial charge in [0.15, 0.2) is 10.7 Å².